The molecular formula is C20H16F3NO5. The van der Waals surface area contributed by atoms with Gasteiger partial charge >= 0.3 is 12.1 Å². The monoisotopic (exact) mass is 407 g/mol. The Morgan fingerprint density at radius 2 is 1.90 bits per heavy atom. The van der Waals surface area contributed by atoms with Crippen molar-refractivity contribution < 1.29 is 37.0 Å². The standard InChI is InChI=1S/C20H16F3NO5/c1-12(19(26)24-15-6-7-16-17(10-15)28-11-27-16)29-18(25)8-5-13-3-2-4-14(9-13)20(21,22)23/h2-10,12H,11H2,1H3,(H,24,26)/b8-5+/t12-/m1/s1. The summed E-state index contributed by atoms with van der Waals surface area (Å²) in [5, 5.41) is 2.57. The van der Waals surface area contributed by atoms with Gasteiger partial charge in [0.1, 0.15) is 0 Å². The molecule has 2 aromatic carbocycles. The zero-order valence-electron chi connectivity index (χ0n) is 15.2. The second-order valence-electron chi connectivity index (χ2n) is 6.09. The molecule has 0 bridgehead atoms. The van der Waals surface area contributed by atoms with Crippen molar-refractivity contribution in [3.63, 3.8) is 0 Å². The van der Waals surface area contributed by atoms with Gasteiger partial charge in [0.25, 0.3) is 5.91 Å². The van der Waals surface area contributed by atoms with E-state index in [4.69, 9.17) is 14.2 Å². The first-order chi connectivity index (χ1) is 13.7. The number of esters is 1. The summed E-state index contributed by atoms with van der Waals surface area (Å²) in [6.45, 7) is 1.47. The zero-order chi connectivity index (χ0) is 21.0. The van der Waals surface area contributed by atoms with Crippen molar-refractivity contribution in [2.45, 2.75) is 19.2 Å². The molecule has 0 aliphatic carbocycles. The van der Waals surface area contributed by atoms with E-state index in [1.165, 1.54) is 25.1 Å². The maximum Gasteiger partial charge on any atom is 0.416 e. The topological polar surface area (TPSA) is 73.9 Å². The SMILES string of the molecule is C[C@@H](OC(=O)/C=C/c1cccc(C(F)(F)F)c1)C(=O)Nc1ccc2c(c1)OCO2. The number of carbonyl (C=O) groups is 2. The summed E-state index contributed by atoms with van der Waals surface area (Å²) in [4.78, 5) is 24.0. The number of halogens is 3. The fourth-order valence-electron chi connectivity index (χ4n) is 2.47. The van der Waals surface area contributed by atoms with Gasteiger partial charge in [-0.15, -0.1) is 0 Å². The predicted molar refractivity (Wildman–Crippen MR) is 97.2 cm³/mol. The molecule has 0 saturated carbocycles. The Hall–Kier alpha value is -3.49. The van der Waals surface area contributed by atoms with Crippen LogP contribution in [0.1, 0.15) is 18.1 Å². The second kappa shape index (κ2) is 8.26. The van der Waals surface area contributed by atoms with Gasteiger partial charge in [-0.2, -0.15) is 13.2 Å². The number of nitrogens with one attached hydrogen (secondary N) is 1. The first-order valence-electron chi connectivity index (χ1n) is 8.49. The van der Waals surface area contributed by atoms with Crippen LogP contribution in [0.3, 0.4) is 0 Å². The normalized spacial score (nSPS) is 13.9. The lowest BCUT2D eigenvalue weighted by Gasteiger charge is -2.12. The highest BCUT2D eigenvalue weighted by atomic mass is 19.4. The molecule has 1 aliphatic rings. The Morgan fingerprint density at radius 3 is 2.66 bits per heavy atom. The highest BCUT2D eigenvalue weighted by molar-refractivity contribution is 5.96. The molecule has 3 rings (SSSR count). The molecule has 1 heterocycles. The third-order valence-electron chi connectivity index (χ3n) is 3.93. The molecule has 152 valence electrons. The van der Waals surface area contributed by atoms with Crippen LogP contribution >= 0.6 is 0 Å². The summed E-state index contributed by atoms with van der Waals surface area (Å²) in [6, 6.07) is 9.28. The number of hydrogen-bond acceptors (Lipinski definition) is 5. The largest absolute Gasteiger partial charge is 0.454 e. The van der Waals surface area contributed by atoms with E-state index in [1.54, 1.807) is 18.2 Å². The van der Waals surface area contributed by atoms with Gasteiger partial charge in [0.15, 0.2) is 17.6 Å². The molecule has 0 saturated heterocycles. The molecule has 0 fully saturated rings. The van der Waals surface area contributed by atoms with Crippen LogP contribution in [0.2, 0.25) is 0 Å². The molecule has 9 heteroatoms. The van der Waals surface area contributed by atoms with Crippen LogP contribution in [-0.4, -0.2) is 24.8 Å². The quantitative estimate of drug-likeness (QED) is 0.599. The van der Waals surface area contributed by atoms with Gasteiger partial charge in [-0.1, -0.05) is 12.1 Å². The van der Waals surface area contributed by atoms with E-state index >= 15 is 0 Å². The maximum absolute atomic E-state index is 12.7. The fraction of sp³-hybridized carbons (Fsp3) is 0.200. The molecule has 0 aromatic heterocycles. The van der Waals surface area contributed by atoms with Crippen LogP contribution in [-0.2, 0) is 20.5 Å². The lowest BCUT2D eigenvalue weighted by Crippen LogP contribution is -2.29. The minimum absolute atomic E-state index is 0.0962. The first-order valence-corrected chi connectivity index (χ1v) is 8.49. The summed E-state index contributed by atoms with van der Waals surface area (Å²) in [6.07, 6.45) is -3.47. The van der Waals surface area contributed by atoms with Crippen LogP contribution in [0.4, 0.5) is 18.9 Å². The Balaban J connectivity index is 1.56. The lowest BCUT2D eigenvalue weighted by atomic mass is 10.1. The van der Waals surface area contributed by atoms with E-state index in [1.807, 2.05) is 0 Å². The second-order valence-corrected chi connectivity index (χ2v) is 6.09. The molecule has 1 amide bonds. The molecule has 2 aromatic rings. The first kappa shape index (κ1) is 20.2. The Labute approximate surface area is 163 Å². The minimum atomic E-state index is -4.48. The molecule has 0 spiro atoms. The summed E-state index contributed by atoms with van der Waals surface area (Å²) in [7, 11) is 0. The minimum Gasteiger partial charge on any atom is -0.454 e. The van der Waals surface area contributed by atoms with Gasteiger partial charge in [0.05, 0.1) is 5.56 Å². The van der Waals surface area contributed by atoms with Crippen molar-refractivity contribution in [1.82, 2.24) is 0 Å². The van der Waals surface area contributed by atoms with Gasteiger partial charge < -0.3 is 19.5 Å². The maximum atomic E-state index is 12.7. The van der Waals surface area contributed by atoms with Crippen LogP contribution in [0.25, 0.3) is 6.08 Å². The van der Waals surface area contributed by atoms with Gasteiger partial charge in [-0.25, -0.2) is 4.79 Å². The van der Waals surface area contributed by atoms with Crippen molar-refractivity contribution in [3.8, 4) is 11.5 Å². The van der Waals surface area contributed by atoms with Crippen molar-refractivity contribution in [2.75, 3.05) is 12.1 Å². The van der Waals surface area contributed by atoms with Crippen LogP contribution < -0.4 is 14.8 Å². The molecule has 1 atom stereocenters. The molecular weight excluding hydrogens is 391 g/mol. The number of hydrogen-bond donors (Lipinski definition) is 1. The van der Waals surface area contributed by atoms with Crippen molar-refractivity contribution in [3.05, 3.63) is 59.7 Å². The molecule has 1 aliphatic heterocycles. The number of alkyl halides is 3. The third-order valence-corrected chi connectivity index (χ3v) is 3.93. The van der Waals surface area contributed by atoms with E-state index in [0.29, 0.717) is 17.2 Å². The number of carbonyl (C=O) groups excluding carboxylic acids is 2. The smallest absolute Gasteiger partial charge is 0.416 e. The fourth-order valence-corrected chi connectivity index (χ4v) is 2.47. The Morgan fingerprint density at radius 1 is 1.14 bits per heavy atom. The van der Waals surface area contributed by atoms with Gasteiger partial charge in [0.2, 0.25) is 6.79 Å². The van der Waals surface area contributed by atoms with Crippen LogP contribution in [0, 0.1) is 0 Å². The number of anilines is 1. The van der Waals surface area contributed by atoms with E-state index < -0.39 is 29.7 Å². The van der Waals surface area contributed by atoms with E-state index in [2.05, 4.69) is 5.32 Å². The summed E-state index contributed by atoms with van der Waals surface area (Å²) in [5.41, 5.74) is -0.222. The van der Waals surface area contributed by atoms with Crippen molar-refractivity contribution in [2.24, 2.45) is 0 Å². The number of amides is 1. The number of ether oxygens (including phenoxy) is 3. The van der Waals surface area contributed by atoms with Crippen molar-refractivity contribution in [1.29, 1.82) is 0 Å². The van der Waals surface area contributed by atoms with E-state index in [9.17, 15) is 22.8 Å². The van der Waals surface area contributed by atoms with Crippen LogP contribution in [0.15, 0.2) is 48.5 Å². The summed E-state index contributed by atoms with van der Waals surface area (Å²) >= 11 is 0. The Kier molecular flexibility index (Phi) is 5.76. The van der Waals surface area contributed by atoms with Crippen molar-refractivity contribution >= 4 is 23.6 Å². The van der Waals surface area contributed by atoms with Gasteiger partial charge in [0, 0.05) is 17.8 Å². The molecule has 29 heavy (non-hydrogen) atoms. The zero-order valence-corrected chi connectivity index (χ0v) is 15.2. The number of rotatable bonds is 5. The average molecular weight is 407 g/mol. The molecule has 0 unspecified atom stereocenters. The van der Waals surface area contributed by atoms with E-state index in [0.717, 1.165) is 18.2 Å². The average Bonchev–Trinajstić information content (AvgIpc) is 3.13. The summed E-state index contributed by atoms with van der Waals surface area (Å²) in [5.74, 6) is -0.404. The van der Waals surface area contributed by atoms with Gasteiger partial charge in [-0.3, -0.25) is 4.79 Å². The molecule has 1 N–H and O–H groups in total. The van der Waals surface area contributed by atoms with E-state index in [-0.39, 0.29) is 12.4 Å². The third kappa shape index (κ3) is 5.28. The molecule has 0 radical (unpaired) electrons. The number of fused-ring (bicyclic) bond motifs is 1. The lowest BCUT2D eigenvalue weighted by molar-refractivity contribution is -0.148. The highest BCUT2D eigenvalue weighted by Crippen LogP contribution is 2.34. The molecule has 6 nitrogen and oxygen atoms in total. The predicted octanol–water partition coefficient (Wildman–Crippen LogP) is 4.02. The number of benzene rings is 2. The Bertz CT molecular complexity index is 955. The summed E-state index contributed by atoms with van der Waals surface area (Å²) < 4.78 is 53.5. The highest BCUT2D eigenvalue weighted by Gasteiger charge is 2.30. The van der Waals surface area contributed by atoms with Gasteiger partial charge in [-0.05, 0) is 42.8 Å². The van der Waals surface area contributed by atoms with Crippen LogP contribution in [0.5, 0.6) is 11.5 Å².